The minimum absolute atomic E-state index is 0.0172. The maximum atomic E-state index is 13.1. The Balaban J connectivity index is 1.34. The summed E-state index contributed by atoms with van der Waals surface area (Å²) >= 11 is 5.92. The zero-order valence-corrected chi connectivity index (χ0v) is 23.9. The predicted octanol–water partition coefficient (Wildman–Crippen LogP) is 2.73. The molecule has 2 aliphatic heterocycles. The van der Waals surface area contributed by atoms with E-state index in [1.807, 2.05) is 4.90 Å². The molecule has 2 N–H and O–H groups in total. The van der Waals surface area contributed by atoms with Crippen LogP contribution in [-0.2, 0) is 24.2 Å². The van der Waals surface area contributed by atoms with Gasteiger partial charge in [-0.1, -0.05) is 11.6 Å². The molecule has 2 aliphatic rings. The van der Waals surface area contributed by atoms with Crippen LogP contribution < -0.4 is 15.5 Å². The number of carbonyl (C=O) groups is 3. The number of sulfone groups is 1. The van der Waals surface area contributed by atoms with Gasteiger partial charge in [-0.25, -0.2) is 8.42 Å². The Morgan fingerprint density at radius 2 is 1.68 bits per heavy atom. The van der Waals surface area contributed by atoms with Gasteiger partial charge < -0.3 is 20.3 Å². The van der Waals surface area contributed by atoms with E-state index >= 15 is 0 Å². The Labute approximate surface area is 239 Å². The average molecular weight is 591 g/mol. The second kappa shape index (κ2) is 14.1. The van der Waals surface area contributed by atoms with Crippen LogP contribution >= 0.6 is 11.6 Å². The lowest BCUT2D eigenvalue weighted by atomic mass is 10.1. The number of carbonyl (C=O) groups excluding carboxylic acids is 3. The molecule has 2 fully saturated rings. The minimum atomic E-state index is -2.95. The number of halogens is 1. The number of hydrogen-bond acceptors (Lipinski definition) is 7. The van der Waals surface area contributed by atoms with Crippen molar-refractivity contribution in [3.05, 3.63) is 59.1 Å². The van der Waals surface area contributed by atoms with Crippen LogP contribution in [-0.4, -0.2) is 88.0 Å². The van der Waals surface area contributed by atoms with E-state index in [2.05, 4.69) is 10.6 Å². The van der Waals surface area contributed by atoms with E-state index < -0.39 is 15.9 Å². The van der Waals surface area contributed by atoms with E-state index in [4.69, 9.17) is 16.3 Å². The summed E-state index contributed by atoms with van der Waals surface area (Å²) in [4.78, 5) is 41.8. The summed E-state index contributed by atoms with van der Waals surface area (Å²) in [5.74, 6) is -0.289. The van der Waals surface area contributed by atoms with Crippen molar-refractivity contribution in [3.8, 4) is 0 Å². The van der Waals surface area contributed by atoms with Gasteiger partial charge in [0.1, 0.15) is 0 Å². The van der Waals surface area contributed by atoms with E-state index in [9.17, 15) is 22.8 Å². The van der Waals surface area contributed by atoms with Gasteiger partial charge >= 0.3 is 0 Å². The van der Waals surface area contributed by atoms with Gasteiger partial charge in [0.05, 0.1) is 30.8 Å². The molecule has 216 valence electrons. The fourth-order valence-corrected chi connectivity index (χ4v) is 6.06. The molecular formula is C28H35ClN4O6S. The quantitative estimate of drug-likeness (QED) is 0.386. The van der Waals surface area contributed by atoms with Crippen LogP contribution in [0.4, 0.5) is 11.4 Å². The summed E-state index contributed by atoms with van der Waals surface area (Å²) < 4.78 is 29.1. The van der Waals surface area contributed by atoms with Crippen LogP contribution in [0.3, 0.4) is 0 Å². The topological polar surface area (TPSA) is 125 Å². The van der Waals surface area contributed by atoms with Gasteiger partial charge in [-0.05, 0) is 61.4 Å². The molecule has 0 spiro atoms. The van der Waals surface area contributed by atoms with Crippen molar-refractivity contribution in [2.24, 2.45) is 0 Å². The van der Waals surface area contributed by atoms with Crippen LogP contribution in [0.15, 0.2) is 48.5 Å². The van der Waals surface area contributed by atoms with Gasteiger partial charge in [-0.2, -0.15) is 0 Å². The number of rotatable bonds is 11. The molecule has 1 unspecified atom stereocenters. The molecule has 40 heavy (non-hydrogen) atoms. The fraction of sp³-hybridized carbons (Fsp3) is 0.464. The van der Waals surface area contributed by atoms with Crippen LogP contribution in [0, 0.1) is 0 Å². The Morgan fingerprint density at radius 3 is 2.35 bits per heavy atom. The maximum Gasteiger partial charge on any atom is 0.251 e. The van der Waals surface area contributed by atoms with Crippen LogP contribution in [0.2, 0.25) is 5.02 Å². The second-order valence-corrected chi connectivity index (χ2v) is 12.8. The first kappa shape index (κ1) is 30.0. The number of nitrogens with zero attached hydrogens (tertiary/aromatic N) is 2. The van der Waals surface area contributed by atoms with Crippen LogP contribution in [0.1, 0.15) is 36.0 Å². The van der Waals surface area contributed by atoms with Crippen molar-refractivity contribution in [1.29, 1.82) is 0 Å². The summed E-state index contributed by atoms with van der Waals surface area (Å²) in [5, 5.41) is 6.25. The molecule has 0 aromatic heterocycles. The van der Waals surface area contributed by atoms with Crippen LogP contribution in [0.5, 0.6) is 0 Å². The molecular weight excluding hydrogens is 556 g/mol. The minimum Gasteiger partial charge on any atom is -0.378 e. The lowest BCUT2D eigenvalue weighted by molar-refractivity contribution is -0.119. The first-order valence-electron chi connectivity index (χ1n) is 13.5. The van der Waals surface area contributed by atoms with Crippen molar-refractivity contribution in [2.75, 3.05) is 61.1 Å². The Morgan fingerprint density at radius 1 is 0.975 bits per heavy atom. The summed E-state index contributed by atoms with van der Waals surface area (Å²) in [6.07, 6.45) is 2.35. The zero-order valence-electron chi connectivity index (χ0n) is 22.3. The highest BCUT2D eigenvalue weighted by atomic mass is 35.5. The largest absolute Gasteiger partial charge is 0.378 e. The maximum absolute atomic E-state index is 13.1. The summed E-state index contributed by atoms with van der Waals surface area (Å²) in [6.45, 7) is 2.60. The number of benzene rings is 2. The van der Waals surface area contributed by atoms with E-state index in [0.29, 0.717) is 55.5 Å². The first-order valence-corrected chi connectivity index (χ1v) is 15.7. The molecule has 2 saturated heterocycles. The van der Waals surface area contributed by atoms with Crippen molar-refractivity contribution < 1.29 is 27.5 Å². The standard InChI is InChI=1S/C28H35ClN4O6S/c29-22-6-8-23(9-7-22)30-26(34)19-24(20-39-16-13-32-14-17-40(37,38)18-15-32)31-28(36)21-4-10-25(11-5-21)33-12-2-1-3-27(33)35/h4-11,24H,1-3,12-20H2,(H,30,34)(H,31,36). The van der Waals surface area contributed by atoms with E-state index in [-0.39, 0.29) is 42.3 Å². The van der Waals surface area contributed by atoms with E-state index in [0.717, 1.165) is 18.5 Å². The summed E-state index contributed by atoms with van der Waals surface area (Å²) in [5.41, 5.74) is 1.75. The van der Waals surface area contributed by atoms with Crippen LogP contribution in [0.25, 0.3) is 0 Å². The SMILES string of the molecule is O=C(CC(COCCN1CCS(=O)(=O)CC1)NC(=O)c1ccc(N2CCCCC2=O)cc1)Nc1ccc(Cl)cc1. The van der Waals surface area contributed by atoms with Gasteiger partial charge in [0.2, 0.25) is 11.8 Å². The predicted molar refractivity (Wildman–Crippen MR) is 155 cm³/mol. The summed E-state index contributed by atoms with van der Waals surface area (Å²) in [7, 11) is -2.95. The highest BCUT2D eigenvalue weighted by Gasteiger charge is 2.23. The Kier molecular flexibility index (Phi) is 10.5. The van der Waals surface area contributed by atoms with Gasteiger partial charge in [0, 0.05) is 61.0 Å². The van der Waals surface area contributed by atoms with Gasteiger partial charge in [-0.15, -0.1) is 0 Å². The molecule has 0 saturated carbocycles. The molecule has 12 heteroatoms. The third kappa shape index (κ3) is 9.02. The average Bonchev–Trinajstić information content (AvgIpc) is 2.93. The first-order chi connectivity index (χ1) is 19.2. The van der Waals surface area contributed by atoms with Crippen molar-refractivity contribution in [3.63, 3.8) is 0 Å². The van der Waals surface area contributed by atoms with Crippen molar-refractivity contribution >= 4 is 50.5 Å². The molecule has 1 atom stereocenters. The third-order valence-electron chi connectivity index (χ3n) is 6.97. The van der Waals surface area contributed by atoms with Crippen molar-refractivity contribution in [2.45, 2.75) is 31.7 Å². The molecule has 2 aromatic carbocycles. The number of anilines is 2. The van der Waals surface area contributed by atoms with Crippen molar-refractivity contribution in [1.82, 2.24) is 10.2 Å². The van der Waals surface area contributed by atoms with E-state index in [1.165, 1.54) is 0 Å². The molecule has 3 amide bonds. The molecule has 10 nitrogen and oxygen atoms in total. The zero-order chi connectivity index (χ0) is 28.5. The fourth-order valence-electron chi connectivity index (χ4n) is 4.65. The number of nitrogens with one attached hydrogen (secondary N) is 2. The molecule has 4 rings (SSSR count). The van der Waals surface area contributed by atoms with Gasteiger partial charge in [-0.3, -0.25) is 19.3 Å². The highest BCUT2D eigenvalue weighted by Crippen LogP contribution is 2.21. The molecule has 0 radical (unpaired) electrons. The lowest BCUT2D eigenvalue weighted by Gasteiger charge is -2.27. The molecule has 0 bridgehead atoms. The molecule has 0 aliphatic carbocycles. The highest BCUT2D eigenvalue weighted by molar-refractivity contribution is 7.91. The Bertz CT molecular complexity index is 1270. The number of piperidine rings is 1. The number of amides is 3. The monoisotopic (exact) mass is 590 g/mol. The lowest BCUT2D eigenvalue weighted by Crippen LogP contribution is -2.43. The number of ether oxygens (including phenoxy) is 1. The normalized spacial score (nSPS) is 18.2. The molecule has 2 aromatic rings. The smallest absolute Gasteiger partial charge is 0.251 e. The number of hydrogen-bond donors (Lipinski definition) is 2. The van der Waals surface area contributed by atoms with Gasteiger partial charge in [0.25, 0.3) is 5.91 Å². The molecule has 2 heterocycles. The third-order valence-corrected chi connectivity index (χ3v) is 8.83. The Hall–Kier alpha value is -2.99. The summed E-state index contributed by atoms with van der Waals surface area (Å²) in [6, 6.07) is 13.0. The van der Waals surface area contributed by atoms with E-state index in [1.54, 1.807) is 53.4 Å². The second-order valence-electron chi connectivity index (χ2n) is 10.0. The van der Waals surface area contributed by atoms with Gasteiger partial charge in [0.15, 0.2) is 9.84 Å².